The van der Waals surface area contributed by atoms with Gasteiger partial charge in [0.25, 0.3) is 0 Å². The number of phenolic OH excluding ortho intramolecular Hbond substituents is 1. The zero-order valence-electron chi connectivity index (χ0n) is 8.25. The minimum absolute atomic E-state index is 0.197. The minimum Gasteiger partial charge on any atom is -0.506 e. The van der Waals surface area contributed by atoms with Gasteiger partial charge in [-0.15, -0.1) is 5.10 Å². The summed E-state index contributed by atoms with van der Waals surface area (Å²) < 4.78 is 1.51. The van der Waals surface area contributed by atoms with Crippen molar-refractivity contribution in [3.63, 3.8) is 0 Å². The summed E-state index contributed by atoms with van der Waals surface area (Å²) in [6.45, 7) is 4.00. The number of aromatic hydroxyl groups is 1. The van der Waals surface area contributed by atoms with Gasteiger partial charge in [-0.05, 0) is 12.1 Å². The largest absolute Gasteiger partial charge is 0.506 e. The third kappa shape index (κ3) is 2.10. The molecule has 0 fully saturated rings. The number of rotatable bonds is 1. The number of nitrogens with zero attached hydrogens (tertiary/aromatic N) is 3. The summed E-state index contributed by atoms with van der Waals surface area (Å²) in [5.74, 6) is 0.197. The van der Waals surface area contributed by atoms with Crippen LogP contribution in [0.5, 0.6) is 5.75 Å². The van der Waals surface area contributed by atoms with Crippen molar-refractivity contribution in [1.29, 1.82) is 0 Å². The first-order valence-corrected chi connectivity index (χ1v) is 4.52. The lowest BCUT2D eigenvalue weighted by Crippen LogP contribution is -1.94. The van der Waals surface area contributed by atoms with E-state index in [1.165, 1.54) is 4.68 Å². The lowest BCUT2D eigenvalue weighted by molar-refractivity contribution is 0.470. The van der Waals surface area contributed by atoms with Gasteiger partial charge in [0, 0.05) is 0 Å². The second-order valence-electron chi connectivity index (χ2n) is 2.34. The molecule has 1 heterocycles. The summed E-state index contributed by atoms with van der Waals surface area (Å²) >= 11 is 0. The quantitative estimate of drug-likeness (QED) is 0.750. The van der Waals surface area contributed by atoms with E-state index >= 15 is 0 Å². The summed E-state index contributed by atoms with van der Waals surface area (Å²) in [7, 11) is 0. The highest BCUT2D eigenvalue weighted by Crippen LogP contribution is 2.18. The van der Waals surface area contributed by atoms with Crippen molar-refractivity contribution in [3.05, 3.63) is 36.7 Å². The number of para-hydroxylation sites is 2. The molecular weight excluding hydrogens is 178 g/mol. The van der Waals surface area contributed by atoms with E-state index in [0.29, 0.717) is 5.69 Å². The average molecular weight is 191 g/mol. The SMILES string of the molecule is CC.Oc1ccccc1-n1ccnn1. The smallest absolute Gasteiger partial charge is 0.141 e. The topological polar surface area (TPSA) is 50.9 Å². The predicted octanol–water partition coefficient (Wildman–Crippen LogP) is 2.00. The van der Waals surface area contributed by atoms with Crippen LogP contribution in [-0.4, -0.2) is 20.1 Å². The fourth-order valence-electron chi connectivity index (χ4n) is 0.995. The zero-order chi connectivity index (χ0) is 10.4. The maximum Gasteiger partial charge on any atom is 0.141 e. The van der Waals surface area contributed by atoms with Gasteiger partial charge in [0.15, 0.2) is 0 Å². The average Bonchev–Trinajstić information content (AvgIpc) is 2.75. The van der Waals surface area contributed by atoms with E-state index in [-0.39, 0.29) is 5.75 Å². The number of hydrogen-bond acceptors (Lipinski definition) is 3. The van der Waals surface area contributed by atoms with Crippen LogP contribution in [0.4, 0.5) is 0 Å². The van der Waals surface area contributed by atoms with Crippen molar-refractivity contribution in [2.24, 2.45) is 0 Å². The first kappa shape index (κ1) is 10.2. The first-order valence-electron chi connectivity index (χ1n) is 4.52. The van der Waals surface area contributed by atoms with Crippen LogP contribution < -0.4 is 0 Å². The zero-order valence-corrected chi connectivity index (χ0v) is 8.25. The molecule has 0 aliphatic heterocycles. The van der Waals surface area contributed by atoms with Gasteiger partial charge in [-0.2, -0.15) is 0 Å². The van der Waals surface area contributed by atoms with Crippen molar-refractivity contribution in [3.8, 4) is 11.4 Å². The third-order valence-corrected chi connectivity index (χ3v) is 1.55. The highest BCUT2D eigenvalue weighted by Gasteiger charge is 2.00. The molecular formula is C10H13N3O. The molecule has 0 atom stereocenters. The summed E-state index contributed by atoms with van der Waals surface area (Å²) in [4.78, 5) is 0. The molecule has 2 aromatic rings. The molecule has 0 radical (unpaired) electrons. The molecule has 0 unspecified atom stereocenters. The third-order valence-electron chi connectivity index (χ3n) is 1.55. The summed E-state index contributed by atoms with van der Waals surface area (Å²) in [5.41, 5.74) is 0.634. The lowest BCUT2D eigenvalue weighted by Gasteiger charge is -2.01. The maximum absolute atomic E-state index is 9.39. The van der Waals surface area contributed by atoms with Crippen molar-refractivity contribution in [2.75, 3.05) is 0 Å². The Morgan fingerprint density at radius 1 is 1.21 bits per heavy atom. The molecule has 0 aliphatic carbocycles. The lowest BCUT2D eigenvalue weighted by atomic mass is 10.3. The molecule has 0 amide bonds. The van der Waals surface area contributed by atoms with Crippen LogP contribution in [0, 0.1) is 0 Å². The second kappa shape index (κ2) is 5.01. The molecule has 2 rings (SSSR count). The Morgan fingerprint density at radius 2 is 1.93 bits per heavy atom. The van der Waals surface area contributed by atoms with Gasteiger partial charge in [0.05, 0.1) is 12.4 Å². The monoisotopic (exact) mass is 191 g/mol. The molecule has 4 nitrogen and oxygen atoms in total. The molecule has 0 aliphatic rings. The molecule has 0 bridgehead atoms. The molecule has 0 spiro atoms. The van der Waals surface area contributed by atoms with Crippen LogP contribution in [-0.2, 0) is 0 Å². The highest BCUT2D eigenvalue weighted by molar-refractivity contribution is 5.44. The number of benzene rings is 1. The highest BCUT2D eigenvalue weighted by atomic mass is 16.3. The Morgan fingerprint density at radius 3 is 2.50 bits per heavy atom. The standard InChI is InChI=1S/C8H7N3O.C2H6/c12-8-4-2-1-3-7(8)11-6-5-9-10-11;1-2/h1-6,12H;1-2H3. The molecule has 0 saturated carbocycles. The van der Waals surface area contributed by atoms with Gasteiger partial charge in [0.2, 0.25) is 0 Å². The predicted molar refractivity (Wildman–Crippen MR) is 54.4 cm³/mol. The summed E-state index contributed by atoms with van der Waals surface area (Å²) in [5, 5.41) is 16.8. The number of hydrogen-bond donors (Lipinski definition) is 1. The molecule has 1 aromatic carbocycles. The molecule has 74 valence electrons. The number of aromatic nitrogens is 3. The Labute approximate surface area is 82.8 Å². The fraction of sp³-hybridized carbons (Fsp3) is 0.200. The first-order chi connectivity index (χ1) is 6.88. The minimum atomic E-state index is 0.197. The van der Waals surface area contributed by atoms with Gasteiger partial charge in [-0.3, -0.25) is 0 Å². The van der Waals surface area contributed by atoms with Crippen LogP contribution in [0.2, 0.25) is 0 Å². The van der Waals surface area contributed by atoms with Crippen LogP contribution in [0.25, 0.3) is 5.69 Å². The van der Waals surface area contributed by atoms with Gasteiger partial charge in [0.1, 0.15) is 11.4 Å². The van der Waals surface area contributed by atoms with Crippen LogP contribution in [0.3, 0.4) is 0 Å². The van der Waals surface area contributed by atoms with E-state index in [1.54, 1.807) is 30.6 Å². The van der Waals surface area contributed by atoms with Crippen LogP contribution in [0.15, 0.2) is 36.7 Å². The summed E-state index contributed by atoms with van der Waals surface area (Å²) in [6, 6.07) is 6.97. The van der Waals surface area contributed by atoms with Gasteiger partial charge in [-0.1, -0.05) is 31.2 Å². The van der Waals surface area contributed by atoms with E-state index in [2.05, 4.69) is 10.3 Å². The number of phenols is 1. The van der Waals surface area contributed by atoms with Crippen LogP contribution >= 0.6 is 0 Å². The Kier molecular flexibility index (Phi) is 3.67. The van der Waals surface area contributed by atoms with Crippen molar-refractivity contribution < 1.29 is 5.11 Å². The van der Waals surface area contributed by atoms with E-state index in [4.69, 9.17) is 0 Å². The maximum atomic E-state index is 9.39. The Hall–Kier alpha value is -1.84. The molecule has 1 aromatic heterocycles. The Bertz CT molecular complexity index is 371. The summed E-state index contributed by atoms with van der Waals surface area (Å²) in [6.07, 6.45) is 3.24. The Balaban J connectivity index is 0.000000461. The van der Waals surface area contributed by atoms with Gasteiger partial charge in [-0.25, -0.2) is 4.68 Å². The molecule has 1 N–H and O–H groups in total. The van der Waals surface area contributed by atoms with E-state index < -0.39 is 0 Å². The molecule has 0 saturated heterocycles. The fourth-order valence-corrected chi connectivity index (χ4v) is 0.995. The van der Waals surface area contributed by atoms with Gasteiger partial charge < -0.3 is 5.11 Å². The van der Waals surface area contributed by atoms with Crippen molar-refractivity contribution >= 4 is 0 Å². The second-order valence-corrected chi connectivity index (χ2v) is 2.34. The van der Waals surface area contributed by atoms with E-state index in [9.17, 15) is 5.11 Å². The molecule has 4 heteroatoms. The van der Waals surface area contributed by atoms with E-state index in [0.717, 1.165) is 0 Å². The molecule has 14 heavy (non-hydrogen) atoms. The van der Waals surface area contributed by atoms with Crippen LogP contribution in [0.1, 0.15) is 13.8 Å². The van der Waals surface area contributed by atoms with E-state index in [1.807, 2.05) is 19.9 Å². The van der Waals surface area contributed by atoms with Crippen molar-refractivity contribution in [2.45, 2.75) is 13.8 Å². The van der Waals surface area contributed by atoms with Crippen molar-refractivity contribution in [1.82, 2.24) is 15.0 Å². The normalized spacial score (nSPS) is 9.00. The van der Waals surface area contributed by atoms with Gasteiger partial charge >= 0.3 is 0 Å².